The molecule has 0 aliphatic carbocycles. The number of aromatic nitrogens is 2. The van der Waals surface area contributed by atoms with Crippen LogP contribution in [0, 0.1) is 6.92 Å². The second kappa shape index (κ2) is 4.96. The maximum atomic E-state index is 12.2. The largest absolute Gasteiger partial charge is 0.321 e. The van der Waals surface area contributed by atoms with Crippen LogP contribution in [0.4, 0.5) is 5.69 Å². The van der Waals surface area contributed by atoms with Crippen molar-refractivity contribution in [1.29, 1.82) is 0 Å². The molecule has 2 heterocycles. The Kier molecular flexibility index (Phi) is 3.37. The van der Waals surface area contributed by atoms with Gasteiger partial charge in [-0.15, -0.1) is 0 Å². The number of rotatable bonds is 2. The van der Waals surface area contributed by atoms with Crippen LogP contribution in [0.2, 0.25) is 5.15 Å². The van der Waals surface area contributed by atoms with Crippen molar-refractivity contribution in [2.24, 2.45) is 7.05 Å². The van der Waals surface area contributed by atoms with Crippen LogP contribution in [-0.4, -0.2) is 21.2 Å². The number of fused-ring (bicyclic) bond motifs is 1. The Labute approximate surface area is 134 Å². The molecule has 108 valence electrons. The van der Waals surface area contributed by atoms with Crippen molar-refractivity contribution in [3.8, 4) is 0 Å². The van der Waals surface area contributed by atoms with E-state index < -0.39 is 11.7 Å². The lowest BCUT2D eigenvalue weighted by Gasteiger charge is -2.18. The van der Waals surface area contributed by atoms with Gasteiger partial charge in [0.25, 0.3) is 11.7 Å². The monoisotopic (exact) mass is 367 g/mol. The van der Waals surface area contributed by atoms with Gasteiger partial charge in [0, 0.05) is 11.5 Å². The zero-order valence-corrected chi connectivity index (χ0v) is 13.7. The van der Waals surface area contributed by atoms with Gasteiger partial charge in [0.05, 0.1) is 24.0 Å². The van der Waals surface area contributed by atoms with Gasteiger partial charge >= 0.3 is 0 Å². The highest BCUT2D eigenvalue weighted by Crippen LogP contribution is 2.35. The number of hydrogen-bond acceptors (Lipinski definition) is 3. The highest BCUT2D eigenvalue weighted by Gasteiger charge is 2.37. The van der Waals surface area contributed by atoms with Crippen molar-refractivity contribution in [2.45, 2.75) is 13.5 Å². The normalized spacial score (nSPS) is 14.0. The lowest BCUT2D eigenvalue weighted by atomic mass is 10.1. The Morgan fingerprint density at radius 1 is 1.33 bits per heavy atom. The smallest absolute Gasteiger partial charge is 0.299 e. The summed E-state index contributed by atoms with van der Waals surface area (Å²) in [6.45, 7) is 2.08. The third-order valence-electron chi connectivity index (χ3n) is 3.55. The molecule has 3 rings (SSSR count). The molecule has 0 atom stereocenters. The first-order valence-electron chi connectivity index (χ1n) is 6.22. The van der Waals surface area contributed by atoms with Gasteiger partial charge in [0.2, 0.25) is 0 Å². The molecule has 0 saturated carbocycles. The number of nitrogens with zero attached hydrogens (tertiary/aromatic N) is 3. The van der Waals surface area contributed by atoms with Gasteiger partial charge in [-0.25, -0.2) is 4.98 Å². The number of ketones is 1. The highest BCUT2D eigenvalue weighted by atomic mass is 79.9. The van der Waals surface area contributed by atoms with E-state index in [1.54, 1.807) is 17.7 Å². The minimum Gasteiger partial charge on any atom is -0.321 e. The number of Topliss-reactive ketones (excluding diaryl/α,β-unsaturated/α-hetero) is 1. The second-order valence-electron chi connectivity index (χ2n) is 4.90. The molecule has 5 nitrogen and oxygen atoms in total. The number of amides is 1. The van der Waals surface area contributed by atoms with E-state index in [1.165, 1.54) is 11.1 Å². The van der Waals surface area contributed by atoms with E-state index in [0.29, 0.717) is 22.2 Å². The summed E-state index contributed by atoms with van der Waals surface area (Å²) in [5.41, 5.74) is 1.93. The summed E-state index contributed by atoms with van der Waals surface area (Å²) < 4.78 is 2.47. The quantitative estimate of drug-likeness (QED) is 0.766. The average molecular weight is 369 g/mol. The third kappa shape index (κ3) is 2.18. The van der Waals surface area contributed by atoms with Gasteiger partial charge < -0.3 is 4.57 Å². The lowest BCUT2D eigenvalue weighted by Crippen LogP contribution is -2.30. The summed E-state index contributed by atoms with van der Waals surface area (Å²) in [5.74, 6) is -0.406. The van der Waals surface area contributed by atoms with E-state index in [0.717, 1.165) is 10.0 Å². The van der Waals surface area contributed by atoms with Crippen molar-refractivity contribution in [3.05, 3.63) is 44.9 Å². The molecular formula is C14H11BrClN3O2. The van der Waals surface area contributed by atoms with Crippen molar-refractivity contribution >= 4 is 44.9 Å². The van der Waals surface area contributed by atoms with Crippen molar-refractivity contribution in [3.63, 3.8) is 0 Å². The molecule has 0 bridgehead atoms. The van der Waals surface area contributed by atoms with E-state index in [9.17, 15) is 9.59 Å². The van der Waals surface area contributed by atoms with Gasteiger partial charge in [-0.3, -0.25) is 14.5 Å². The molecule has 0 radical (unpaired) electrons. The van der Waals surface area contributed by atoms with Gasteiger partial charge in [0.15, 0.2) is 0 Å². The standard InChI is InChI=1S/C14H11BrClN3O2/c1-7-3-8(15)4-9-12(7)19(14(21)13(9)20)6-11-17-5-10(16)18(11)2/h3-5H,6H2,1-2H3. The zero-order valence-electron chi connectivity index (χ0n) is 11.4. The van der Waals surface area contributed by atoms with Crippen LogP contribution in [0.3, 0.4) is 0 Å². The third-order valence-corrected chi connectivity index (χ3v) is 4.36. The number of carbonyl (C=O) groups is 2. The topological polar surface area (TPSA) is 55.2 Å². The van der Waals surface area contributed by atoms with Crippen LogP contribution >= 0.6 is 27.5 Å². The molecule has 7 heteroatoms. The number of imidazole rings is 1. The Bertz CT molecular complexity index is 785. The summed E-state index contributed by atoms with van der Waals surface area (Å²) in [5, 5.41) is 0.482. The first kappa shape index (κ1) is 14.3. The van der Waals surface area contributed by atoms with Crippen LogP contribution in [-0.2, 0) is 18.4 Å². The summed E-state index contributed by atoms with van der Waals surface area (Å²) in [6.07, 6.45) is 1.52. The van der Waals surface area contributed by atoms with Gasteiger partial charge in [0.1, 0.15) is 11.0 Å². The molecule has 1 aromatic heterocycles. The fraction of sp³-hybridized carbons (Fsp3) is 0.214. The molecule has 21 heavy (non-hydrogen) atoms. The second-order valence-corrected chi connectivity index (χ2v) is 6.20. The number of halogens is 2. The Morgan fingerprint density at radius 3 is 2.67 bits per heavy atom. The minimum atomic E-state index is -0.537. The van der Waals surface area contributed by atoms with E-state index in [1.807, 2.05) is 13.0 Å². The molecule has 2 aromatic rings. The van der Waals surface area contributed by atoms with Gasteiger partial charge in [-0.05, 0) is 24.6 Å². The number of carbonyl (C=O) groups excluding carboxylic acids is 2. The molecule has 1 aromatic carbocycles. The van der Waals surface area contributed by atoms with Crippen LogP contribution in [0.25, 0.3) is 0 Å². The van der Waals surface area contributed by atoms with Crippen LogP contribution < -0.4 is 4.90 Å². The van der Waals surface area contributed by atoms with Crippen LogP contribution in [0.15, 0.2) is 22.8 Å². The minimum absolute atomic E-state index is 0.212. The first-order chi connectivity index (χ1) is 9.90. The van der Waals surface area contributed by atoms with Crippen molar-refractivity contribution in [1.82, 2.24) is 9.55 Å². The molecule has 0 spiro atoms. The lowest BCUT2D eigenvalue weighted by molar-refractivity contribution is -0.114. The summed E-state index contributed by atoms with van der Waals surface area (Å²) in [6, 6.07) is 3.55. The molecule has 1 aliphatic heterocycles. The van der Waals surface area contributed by atoms with E-state index in [4.69, 9.17) is 11.6 Å². The van der Waals surface area contributed by atoms with E-state index in [-0.39, 0.29) is 6.54 Å². The number of anilines is 1. The van der Waals surface area contributed by atoms with Gasteiger partial charge in [-0.1, -0.05) is 27.5 Å². The SMILES string of the molecule is Cc1cc(Br)cc2c1N(Cc1ncc(Cl)n1C)C(=O)C2=O. The summed E-state index contributed by atoms with van der Waals surface area (Å²) in [4.78, 5) is 30.0. The fourth-order valence-electron chi connectivity index (χ4n) is 2.47. The van der Waals surface area contributed by atoms with Gasteiger partial charge in [-0.2, -0.15) is 0 Å². The molecule has 1 amide bonds. The Hall–Kier alpha value is -1.66. The zero-order chi connectivity index (χ0) is 15.3. The summed E-state index contributed by atoms with van der Waals surface area (Å²) in [7, 11) is 1.77. The maximum absolute atomic E-state index is 12.2. The van der Waals surface area contributed by atoms with Crippen molar-refractivity contribution < 1.29 is 9.59 Å². The number of aryl methyl sites for hydroxylation is 1. The highest BCUT2D eigenvalue weighted by molar-refractivity contribution is 9.10. The van der Waals surface area contributed by atoms with E-state index in [2.05, 4.69) is 20.9 Å². The molecule has 0 N–H and O–H groups in total. The van der Waals surface area contributed by atoms with Crippen molar-refractivity contribution in [2.75, 3.05) is 4.90 Å². The number of hydrogen-bond donors (Lipinski definition) is 0. The average Bonchev–Trinajstić information content (AvgIpc) is 2.85. The van der Waals surface area contributed by atoms with Crippen LogP contribution in [0.5, 0.6) is 0 Å². The number of benzene rings is 1. The first-order valence-corrected chi connectivity index (χ1v) is 7.39. The molecule has 0 saturated heterocycles. The summed E-state index contributed by atoms with van der Waals surface area (Å²) >= 11 is 9.30. The fourth-order valence-corrected chi connectivity index (χ4v) is 3.19. The predicted octanol–water partition coefficient (Wildman–Crippen LogP) is 2.87. The maximum Gasteiger partial charge on any atom is 0.299 e. The Morgan fingerprint density at radius 2 is 2.05 bits per heavy atom. The predicted molar refractivity (Wildman–Crippen MR) is 82.6 cm³/mol. The molecule has 1 aliphatic rings. The molecule has 0 fully saturated rings. The van der Waals surface area contributed by atoms with E-state index >= 15 is 0 Å². The molecule has 0 unspecified atom stereocenters. The Balaban J connectivity index is 2.08. The molecular weight excluding hydrogens is 358 g/mol. The van der Waals surface area contributed by atoms with Crippen LogP contribution in [0.1, 0.15) is 21.7 Å².